The van der Waals surface area contributed by atoms with Gasteiger partial charge in [-0.1, -0.05) is 6.07 Å². The van der Waals surface area contributed by atoms with Crippen molar-refractivity contribution in [1.82, 2.24) is 0 Å². The molecule has 1 aromatic heterocycles. The van der Waals surface area contributed by atoms with Gasteiger partial charge in [0, 0.05) is 20.9 Å². The molecule has 1 amide bonds. The van der Waals surface area contributed by atoms with Crippen molar-refractivity contribution in [3.05, 3.63) is 41.3 Å². The summed E-state index contributed by atoms with van der Waals surface area (Å²) in [6.45, 7) is 0. The molecule has 4 heteroatoms. The lowest BCUT2D eigenvalue weighted by Gasteiger charge is -2.06. The van der Waals surface area contributed by atoms with Crippen molar-refractivity contribution in [2.75, 3.05) is 6.26 Å². The van der Waals surface area contributed by atoms with Gasteiger partial charge in [0.2, 0.25) is 5.91 Å². The average molecular weight is 249 g/mol. The Bertz CT molecular complexity index is 506. The maximum absolute atomic E-state index is 11.1. The van der Waals surface area contributed by atoms with Gasteiger partial charge in [0.15, 0.2) is 0 Å². The van der Waals surface area contributed by atoms with Crippen molar-refractivity contribution in [2.45, 2.75) is 4.90 Å². The standard InChI is InChI=1S/C12H11NOS2/c1-15-10-5-4-8(12(13)14)7-9(10)11-3-2-6-16-11/h2-7H,1H3,(H2,13,14). The number of amides is 1. The first-order valence-corrected chi connectivity index (χ1v) is 6.84. The molecule has 2 rings (SSSR count). The maximum atomic E-state index is 11.1. The normalized spacial score (nSPS) is 10.3. The molecule has 1 aromatic carbocycles. The SMILES string of the molecule is CSc1ccc(C(N)=O)cc1-c1cccs1. The zero-order chi connectivity index (χ0) is 11.5. The third-order valence-electron chi connectivity index (χ3n) is 2.27. The van der Waals surface area contributed by atoms with Crippen LogP contribution in [0.5, 0.6) is 0 Å². The molecule has 0 unspecified atom stereocenters. The zero-order valence-electron chi connectivity index (χ0n) is 8.77. The minimum absolute atomic E-state index is 0.384. The fourth-order valence-corrected chi connectivity index (χ4v) is 2.90. The molecule has 0 aliphatic rings. The number of nitrogens with two attached hydrogens (primary N) is 1. The molecule has 82 valence electrons. The van der Waals surface area contributed by atoms with Gasteiger partial charge in [0.1, 0.15) is 0 Å². The lowest BCUT2D eigenvalue weighted by Crippen LogP contribution is -2.10. The van der Waals surface area contributed by atoms with E-state index in [0.29, 0.717) is 5.56 Å². The molecule has 16 heavy (non-hydrogen) atoms. The second kappa shape index (κ2) is 4.72. The Hall–Kier alpha value is -1.26. The van der Waals surface area contributed by atoms with Crippen LogP contribution in [0.1, 0.15) is 10.4 Å². The van der Waals surface area contributed by atoms with E-state index in [2.05, 4.69) is 0 Å². The van der Waals surface area contributed by atoms with E-state index in [0.717, 1.165) is 15.3 Å². The monoisotopic (exact) mass is 249 g/mol. The lowest BCUT2D eigenvalue weighted by molar-refractivity contribution is 0.100. The average Bonchev–Trinajstić information content (AvgIpc) is 2.81. The van der Waals surface area contributed by atoms with Crippen molar-refractivity contribution in [2.24, 2.45) is 5.73 Å². The molecule has 2 N–H and O–H groups in total. The van der Waals surface area contributed by atoms with Crippen LogP contribution in [-0.4, -0.2) is 12.2 Å². The smallest absolute Gasteiger partial charge is 0.248 e. The predicted molar refractivity (Wildman–Crippen MR) is 70.1 cm³/mol. The molecule has 0 saturated carbocycles. The summed E-state index contributed by atoms with van der Waals surface area (Å²) in [5.41, 5.74) is 6.92. The molecule has 2 nitrogen and oxygen atoms in total. The highest BCUT2D eigenvalue weighted by molar-refractivity contribution is 7.98. The topological polar surface area (TPSA) is 43.1 Å². The molecular formula is C12H11NOS2. The summed E-state index contributed by atoms with van der Waals surface area (Å²) in [4.78, 5) is 13.5. The molecule has 2 aromatic rings. The maximum Gasteiger partial charge on any atom is 0.248 e. The summed E-state index contributed by atoms with van der Waals surface area (Å²) in [7, 11) is 0. The third-order valence-corrected chi connectivity index (χ3v) is 3.97. The van der Waals surface area contributed by atoms with Gasteiger partial charge in [-0.2, -0.15) is 0 Å². The molecule has 0 fully saturated rings. The number of benzene rings is 1. The van der Waals surface area contributed by atoms with Crippen LogP contribution in [-0.2, 0) is 0 Å². The van der Waals surface area contributed by atoms with Gasteiger partial charge in [-0.25, -0.2) is 0 Å². The lowest BCUT2D eigenvalue weighted by atomic mass is 10.1. The molecule has 0 spiro atoms. The summed E-state index contributed by atoms with van der Waals surface area (Å²) >= 11 is 3.33. The summed E-state index contributed by atoms with van der Waals surface area (Å²) in [5, 5.41) is 2.02. The van der Waals surface area contributed by atoms with Crippen LogP contribution in [0.2, 0.25) is 0 Å². The summed E-state index contributed by atoms with van der Waals surface area (Å²) < 4.78 is 0. The Kier molecular flexibility index (Phi) is 3.31. The predicted octanol–water partition coefficient (Wildman–Crippen LogP) is 3.24. The van der Waals surface area contributed by atoms with Gasteiger partial charge in [0.05, 0.1) is 0 Å². The molecule has 1 heterocycles. The van der Waals surface area contributed by atoms with Crippen molar-refractivity contribution in [3.63, 3.8) is 0 Å². The number of rotatable bonds is 3. The fourth-order valence-electron chi connectivity index (χ4n) is 1.49. The fraction of sp³-hybridized carbons (Fsp3) is 0.0833. The van der Waals surface area contributed by atoms with Gasteiger partial charge in [-0.05, 0) is 35.9 Å². The number of thioether (sulfide) groups is 1. The quantitative estimate of drug-likeness (QED) is 0.849. The van der Waals surface area contributed by atoms with E-state index in [9.17, 15) is 4.79 Å². The highest BCUT2D eigenvalue weighted by atomic mass is 32.2. The van der Waals surface area contributed by atoms with Crippen LogP contribution in [0.25, 0.3) is 10.4 Å². The minimum Gasteiger partial charge on any atom is -0.366 e. The van der Waals surface area contributed by atoms with Gasteiger partial charge < -0.3 is 5.73 Å². The summed E-state index contributed by atoms with van der Waals surface area (Å²) in [5.74, 6) is -0.384. The molecule has 0 atom stereocenters. The van der Waals surface area contributed by atoms with Gasteiger partial charge in [0.25, 0.3) is 0 Å². The van der Waals surface area contributed by atoms with Crippen molar-refractivity contribution < 1.29 is 4.79 Å². The zero-order valence-corrected chi connectivity index (χ0v) is 10.4. The van der Waals surface area contributed by atoms with E-state index in [1.54, 1.807) is 29.2 Å². The Morgan fingerprint density at radius 3 is 2.75 bits per heavy atom. The van der Waals surface area contributed by atoms with Crippen LogP contribution in [0, 0.1) is 0 Å². The van der Waals surface area contributed by atoms with E-state index < -0.39 is 0 Å². The van der Waals surface area contributed by atoms with E-state index in [-0.39, 0.29) is 5.91 Å². The molecule has 0 saturated heterocycles. The summed E-state index contributed by atoms with van der Waals surface area (Å²) in [6, 6.07) is 9.62. The number of hydrogen-bond donors (Lipinski definition) is 1. The summed E-state index contributed by atoms with van der Waals surface area (Å²) in [6.07, 6.45) is 2.02. The highest BCUT2D eigenvalue weighted by Gasteiger charge is 2.09. The second-order valence-corrected chi connectivity index (χ2v) is 5.05. The Morgan fingerprint density at radius 2 is 2.19 bits per heavy atom. The Labute approximate surface area is 102 Å². The largest absolute Gasteiger partial charge is 0.366 e. The molecular weight excluding hydrogens is 238 g/mol. The number of thiophene rings is 1. The van der Waals surface area contributed by atoms with Crippen LogP contribution in [0.3, 0.4) is 0 Å². The van der Waals surface area contributed by atoms with Crippen molar-refractivity contribution in [1.29, 1.82) is 0 Å². The number of hydrogen-bond acceptors (Lipinski definition) is 3. The van der Waals surface area contributed by atoms with Crippen LogP contribution < -0.4 is 5.73 Å². The molecule has 0 radical (unpaired) electrons. The Balaban J connectivity index is 2.56. The van der Waals surface area contributed by atoms with E-state index in [4.69, 9.17) is 5.73 Å². The number of carbonyl (C=O) groups is 1. The first kappa shape index (κ1) is 11.2. The van der Waals surface area contributed by atoms with Crippen LogP contribution >= 0.6 is 23.1 Å². The first-order valence-electron chi connectivity index (χ1n) is 4.74. The van der Waals surface area contributed by atoms with Crippen molar-refractivity contribution >= 4 is 29.0 Å². The van der Waals surface area contributed by atoms with E-state index >= 15 is 0 Å². The molecule has 0 bridgehead atoms. The number of carbonyl (C=O) groups excluding carboxylic acids is 1. The van der Waals surface area contributed by atoms with Gasteiger partial charge >= 0.3 is 0 Å². The number of primary amides is 1. The van der Waals surface area contributed by atoms with E-state index in [1.165, 1.54) is 0 Å². The van der Waals surface area contributed by atoms with Gasteiger partial charge in [-0.15, -0.1) is 23.1 Å². The third kappa shape index (κ3) is 2.13. The second-order valence-electron chi connectivity index (χ2n) is 3.26. The first-order chi connectivity index (χ1) is 7.72. The van der Waals surface area contributed by atoms with Crippen molar-refractivity contribution in [3.8, 4) is 10.4 Å². The minimum atomic E-state index is -0.384. The highest BCUT2D eigenvalue weighted by Crippen LogP contribution is 2.33. The van der Waals surface area contributed by atoms with Crippen LogP contribution in [0.4, 0.5) is 0 Å². The molecule has 0 aliphatic heterocycles. The van der Waals surface area contributed by atoms with Crippen LogP contribution in [0.15, 0.2) is 40.6 Å². The van der Waals surface area contributed by atoms with Gasteiger partial charge in [-0.3, -0.25) is 4.79 Å². The Morgan fingerprint density at radius 1 is 1.38 bits per heavy atom. The van der Waals surface area contributed by atoms with E-state index in [1.807, 2.05) is 35.9 Å². The molecule has 0 aliphatic carbocycles.